The molecule has 1 aromatic carbocycles. The summed E-state index contributed by atoms with van der Waals surface area (Å²) in [7, 11) is 0. The van der Waals surface area contributed by atoms with Gasteiger partial charge in [-0.1, -0.05) is 17.7 Å². The van der Waals surface area contributed by atoms with Crippen LogP contribution >= 0.6 is 15.9 Å². The summed E-state index contributed by atoms with van der Waals surface area (Å²) in [6, 6.07) is 10.4. The highest BCUT2D eigenvalue weighted by atomic mass is 79.9. The maximum atomic E-state index is 5.95. The van der Waals surface area contributed by atoms with Crippen LogP contribution in [-0.2, 0) is 0 Å². The summed E-state index contributed by atoms with van der Waals surface area (Å²) >= 11 is 3.51. The van der Waals surface area contributed by atoms with Crippen LogP contribution in [0.15, 0.2) is 45.5 Å². The molecule has 0 saturated carbocycles. The van der Waals surface area contributed by atoms with E-state index < -0.39 is 0 Å². The first kappa shape index (κ1) is 14.2. The standard InChI is InChI=1S/C15H19BrN2O/c1-3-18(12-6-4-11(2)5-7-12)14(10-17)15-13(16)8-9-19-15/h4-9,14H,3,10,17H2,1-2H3. The van der Waals surface area contributed by atoms with Crippen LogP contribution in [0.2, 0.25) is 0 Å². The number of nitrogens with two attached hydrogens (primary N) is 1. The summed E-state index contributed by atoms with van der Waals surface area (Å²) in [4.78, 5) is 2.25. The van der Waals surface area contributed by atoms with Gasteiger partial charge in [0.05, 0.1) is 10.7 Å². The zero-order chi connectivity index (χ0) is 13.8. The summed E-state index contributed by atoms with van der Waals surface area (Å²) < 4.78 is 6.54. The van der Waals surface area contributed by atoms with Crippen LogP contribution in [0.1, 0.15) is 24.3 Å². The molecule has 0 radical (unpaired) electrons. The largest absolute Gasteiger partial charge is 0.466 e. The van der Waals surface area contributed by atoms with Gasteiger partial charge in [-0.15, -0.1) is 0 Å². The zero-order valence-corrected chi connectivity index (χ0v) is 12.9. The molecule has 0 aliphatic carbocycles. The second-order valence-electron chi connectivity index (χ2n) is 4.51. The molecule has 19 heavy (non-hydrogen) atoms. The maximum Gasteiger partial charge on any atom is 0.141 e. The van der Waals surface area contributed by atoms with E-state index >= 15 is 0 Å². The van der Waals surface area contributed by atoms with E-state index in [4.69, 9.17) is 10.2 Å². The van der Waals surface area contributed by atoms with E-state index in [9.17, 15) is 0 Å². The predicted octanol–water partition coefficient (Wildman–Crippen LogP) is 3.88. The van der Waals surface area contributed by atoms with Crippen molar-refractivity contribution in [3.8, 4) is 0 Å². The van der Waals surface area contributed by atoms with Crippen molar-refractivity contribution in [3.63, 3.8) is 0 Å². The molecular weight excluding hydrogens is 304 g/mol. The van der Waals surface area contributed by atoms with Crippen molar-refractivity contribution in [1.82, 2.24) is 0 Å². The molecule has 1 unspecified atom stereocenters. The minimum Gasteiger partial charge on any atom is -0.466 e. The first-order chi connectivity index (χ1) is 9.17. The first-order valence-corrected chi connectivity index (χ1v) is 7.23. The molecule has 2 aromatic rings. The third kappa shape index (κ3) is 3.01. The van der Waals surface area contributed by atoms with E-state index in [1.54, 1.807) is 6.26 Å². The molecule has 2 N–H and O–H groups in total. The van der Waals surface area contributed by atoms with Gasteiger partial charge in [-0.05, 0) is 48.0 Å². The molecule has 102 valence electrons. The topological polar surface area (TPSA) is 42.4 Å². The number of furan rings is 1. The lowest BCUT2D eigenvalue weighted by Crippen LogP contribution is -2.33. The molecule has 0 amide bonds. The lowest BCUT2D eigenvalue weighted by atomic mass is 10.1. The molecule has 0 aliphatic heterocycles. The quantitative estimate of drug-likeness (QED) is 0.908. The van der Waals surface area contributed by atoms with E-state index in [0.29, 0.717) is 6.54 Å². The average molecular weight is 323 g/mol. The number of rotatable bonds is 5. The lowest BCUT2D eigenvalue weighted by molar-refractivity contribution is 0.451. The number of aryl methyl sites for hydroxylation is 1. The van der Waals surface area contributed by atoms with Crippen LogP contribution in [0.5, 0.6) is 0 Å². The fraction of sp³-hybridized carbons (Fsp3) is 0.333. The third-order valence-corrected chi connectivity index (χ3v) is 3.91. The number of benzene rings is 1. The predicted molar refractivity (Wildman–Crippen MR) is 82.4 cm³/mol. The smallest absolute Gasteiger partial charge is 0.141 e. The van der Waals surface area contributed by atoms with Crippen LogP contribution in [0.25, 0.3) is 0 Å². The Labute approximate surface area is 122 Å². The van der Waals surface area contributed by atoms with Gasteiger partial charge < -0.3 is 15.1 Å². The van der Waals surface area contributed by atoms with Crippen molar-refractivity contribution in [1.29, 1.82) is 0 Å². The van der Waals surface area contributed by atoms with Crippen LogP contribution < -0.4 is 10.6 Å². The molecule has 0 aliphatic rings. The molecule has 4 heteroatoms. The van der Waals surface area contributed by atoms with Crippen LogP contribution in [0.4, 0.5) is 5.69 Å². The second-order valence-corrected chi connectivity index (χ2v) is 5.36. The number of anilines is 1. The van der Waals surface area contributed by atoms with Gasteiger partial charge >= 0.3 is 0 Å². The maximum absolute atomic E-state index is 5.95. The van der Waals surface area contributed by atoms with Crippen molar-refractivity contribution in [2.75, 3.05) is 18.0 Å². The summed E-state index contributed by atoms with van der Waals surface area (Å²) in [5, 5.41) is 0. The Kier molecular flexibility index (Phi) is 4.66. The number of nitrogens with zero attached hydrogens (tertiary/aromatic N) is 1. The van der Waals surface area contributed by atoms with Crippen molar-refractivity contribution in [2.24, 2.45) is 5.73 Å². The number of hydrogen-bond donors (Lipinski definition) is 1. The highest BCUT2D eigenvalue weighted by Crippen LogP contribution is 2.31. The number of halogens is 1. The van der Waals surface area contributed by atoms with E-state index in [-0.39, 0.29) is 6.04 Å². The van der Waals surface area contributed by atoms with Crippen molar-refractivity contribution < 1.29 is 4.42 Å². The summed E-state index contributed by atoms with van der Waals surface area (Å²) in [6.45, 7) is 5.59. The summed E-state index contributed by atoms with van der Waals surface area (Å²) in [5.41, 5.74) is 8.37. The molecular formula is C15H19BrN2O. The number of hydrogen-bond acceptors (Lipinski definition) is 3. The number of likely N-dealkylation sites (N-methyl/N-ethyl adjacent to an activating group) is 1. The second kappa shape index (κ2) is 6.26. The van der Waals surface area contributed by atoms with Gasteiger partial charge in [-0.25, -0.2) is 0 Å². The highest BCUT2D eigenvalue weighted by Gasteiger charge is 2.23. The van der Waals surface area contributed by atoms with E-state index in [2.05, 4.69) is 58.9 Å². The Bertz CT molecular complexity index is 521. The van der Waals surface area contributed by atoms with Crippen LogP contribution in [-0.4, -0.2) is 13.1 Å². The molecule has 3 nitrogen and oxygen atoms in total. The lowest BCUT2D eigenvalue weighted by Gasteiger charge is -2.31. The van der Waals surface area contributed by atoms with Gasteiger partial charge in [0.1, 0.15) is 11.8 Å². The van der Waals surface area contributed by atoms with Crippen LogP contribution in [0, 0.1) is 6.92 Å². The van der Waals surface area contributed by atoms with Gasteiger partial charge in [0.15, 0.2) is 0 Å². The Morgan fingerprint density at radius 3 is 2.42 bits per heavy atom. The normalized spacial score (nSPS) is 12.4. The van der Waals surface area contributed by atoms with Crippen molar-refractivity contribution in [2.45, 2.75) is 19.9 Å². The van der Waals surface area contributed by atoms with E-state index in [1.807, 2.05) is 6.07 Å². The Balaban J connectivity index is 2.34. The molecule has 0 bridgehead atoms. The average Bonchev–Trinajstić information content (AvgIpc) is 2.83. The first-order valence-electron chi connectivity index (χ1n) is 6.43. The molecule has 0 saturated heterocycles. The van der Waals surface area contributed by atoms with Gasteiger partial charge in [-0.3, -0.25) is 0 Å². The fourth-order valence-electron chi connectivity index (χ4n) is 2.24. The van der Waals surface area contributed by atoms with Crippen molar-refractivity contribution >= 4 is 21.6 Å². The minimum absolute atomic E-state index is 0.0390. The Morgan fingerprint density at radius 2 is 1.95 bits per heavy atom. The van der Waals surface area contributed by atoms with Gasteiger partial charge in [0, 0.05) is 18.8 Å². The van der Waals surface area contributed by atoms with Crippen LogP contribution in [0.3, 0.4) is 0 Å². The van der Waals surface area contributed by atoms with Crippen molar-refractivity contribution in [3.05, 3.63) is 52.4 Å². The summed E-state index contributed by atoms with van der Waals surface area (Å²) in [6.07, 6.45) is 1.69. The molecule has 0 spiro atoms. The Morgan fingerprint density at radius 1 is 1.26 bits per heavy atom. The molecule has 0 fully saturated rings. The van der Waals surface area contributed by atoms with E-state index in [1.165, 1.54) is 5.56 Å². The monoisotopic (exact) mass is 322 g/mol. The highest BCUT2D eigenvalue weighted by molar-refractivity contribution is 9.10. The third-order valence-electron chi connectivity index (χ3n) is 3.25. The van der Waals surface area contributed by atoms with Gasteiger partial charge in [-0.2, -0.15) is 0 Å². The van der Waals surface area contributed by atoms with Gasteiger partial charge in [0.25, 0.3) is 0 Å². The SMILES string of the molecule is CCN(c1ccc(C)cc1)C(CN)c1occc1Br. The minimum atomic E-state index is 0.0390. The Hall–Kier alpha value is -1.26. The van der Waals surface area contributed by atoms with Gasteiger partial charge in [0.2, 0.25) is 0 Å². The summed E-state index contributed by atoms with van der Waals surface area (Å²) in [5.74, 6) is 0.880. The molecule has 1 aromatic heterocycles. The molecule has 1 atom stereocenters. The van der Waals surface area contributed by atoms with E-state index in [0.717, 1.165) is 22.5 Å². The fourth-order valence-corrected chi connectivity index (χ4v) is 2.70. The molecule has 1 heterocycles. The zero-order valence-electron chi connectivity index (χ0n) is 11.3. The molecule has 2 rings (SSSR count).